The molecule has 0 fully saturated rings. The van der Waals surface area contributed by atoms with E-state index in [9.17, 15) is 9.00 Å². The molecule has 0 saturated heterocycles. The zero-order valence-corrected chi connectivity index (χ0v) is 13.2. The van der Waals surface area contributed by atoms with Crippen LogP contribution in [-0.2, 0) is 17.7 Å². The van der Waals surface area contributed by atoms with E-state index in [0.29, 0.717) is 11.5 Å². The highest BCUT2D eigenvalue weighted by atomic mass is 32.2. The van der Waals surface area contributed by atoms with Crippen LogP contribution in [0.1, 0.15) is 22.8 Å². The second-order valence-electron chi connectivity index (χ2n) is 4.78. The minimum Gasteiger partial charge on any atom is -0.379 e. The van der Waals surface area contributed by atoms with E-state index < -0.39 is 17.0 Å². The Bertz CT molecular complexity index is 877. The second kappa shape index (κ2) is 6.21. The van der Waals surface area contributed by atoms with Gasteiger partial charge in [0.1, 0.15) is 5.69 Å². The Hall–Kier alpha value is -2.68. The number of benzene rings is 1. The lowest BCUT2D eigenvalue weighted by Crippen LogP contribution is -2.24. The fourth-order valence-corrected chi connectivity index (χ4v) is 2.88. The van der Waals surface area contributed by atoms with Crippen molar-refractivity contribution in [3.05, 3.63) is 63.7 Å². The molecule has 120 valence electrons. The number of nitrogens with zero attached hydrogens (tertiary/aromatic N) is 3. The zero-order chi connectivity index (χ0) is 16.4. The Balaban J connectivity index is 1.89. The maximum Gasteiger partial charge on any atom is 0.456 e. The molecule has 2 aromatic heterocycles. The lowest BCUT2D eigenvalue weighted by atomic mass is 10.1. The SMILES string of the molecule is Cc1noc(C)c1OS(=O)n1c(Cc2ccccc2)noc1=O. The van der Waals surface area contributed by atoms with Gasteiger partial charge in [-0.25, -0.2) is 4.79 Å². The highest BCUT2D eigenvalue weighted by molar-refractivity contribution is 7.79. The van der Waals surface area contributed by atoms with Crippen LogP contribution >= 0.6 is 0 Å². The Kier molecular flexibility index (Phi) is 4.11. The Morgan fingerprint density at radius 1 is 1.17 bits per heavy atom. The van der Waals surface area contributed by atoms with E-state index in [-0.39, 0.29) is 18.0 Å². The Morgan fingerprint density at radius 3 is 2.57 bits per heavy atom. The summed E-state index contributed by atoms with van der Waals surface area (Å²) >= 11 is -2.15. The molecule has 2 heterocycles. The molecular weight excluding hydrogens is 322 g/mol. The van der Waals surface area contributed by atoms with E-state index in [0.717, 1.165) is 9.54 Å². The third-order valence-electron chi connectivity index (χ3n) is 3.11. The van der Waals surface area contributed by atoms with Crippen molar-refractivity contribution in [1.29, 1.82) is 0 Å². The lowest BCUT2D eigenvalue weighted by molar-refractivity contribution is 0.379. The fraction of sp³-hybridized carbons (Fsp3) is 0.214. The van der Waals surface area contributed by atoms with E-state index >= 15 is 0 Å². The quantitative estimate of drug-likeness (QED) is 0.697. The first-order valence-electron chi connectivity index (χ1n) is 6.71. The Morgan fingerprint density at radius 2 is 1.91 bits per heavy atom. The van der Waals surface area contributed by atoms with Crippen LogP contribution < -0.4 is 9.94 Å². The molecule has 0 bridgehead atoms. The highest BCUT2D eigenvalue weighted by Gasteiger charge is 2.22. The van der Waals surface area contributed by atoms with Crippen LogP contribution in [0.25, 0.3) is 0 Å². The molecule has 23 heavy (non-hydrogen) atoms. The van der Waals surface area contributed by atoms with Crippen molar-refractivity contribution in [2.24, 2.45) is 0 Å². The van der Waals surface area contributed by atoms with Crippen molar-refractivity contribution in [2.75, 3.05) is 0 Å². The van der Waals surface area contributed by atoms with Gasteiger partial charge in [-0.15, -0.1) is 3.97 Å². The standard InChI is InChI=1S/C14H13N3O5S/c1-9-13(10(2)20-15-9)22-23(19)17-12(16-21-14(17)18)8-11-6-4-3-5-7-11/h3-7H,8H2,1-2H3. The maximum absolute atomic E-state index is 12.4. The van der Waals surface area contributed by atoms with Crippen LogP contribution in [0, 0.1) is 13.8 Å². The van der Waals surface area contributed by atoms with E-state index in [1.54, 1.807) is 13.8 Å². The minimum atomic E-state index is -2.15. The van der Waals surface area contributed by atoms with Crippen LogP contribution in [0.2, 0.25) is 0 Å². The first-order valence-corrected chi connectivity index (χ1v) is 7.74. The van der Waals surface area contributed by atoms with Gasteiger partial charge in [-0.1, -0.05) is 40.6 Å². The monoisotopic (exact) mass is 335 g/mol. The third-order valence-corrected chi connectivity index (χ3v) is 4.07. The van der Waals surface area contributed by atoms with Crippen LogP contribution in [-0.4, -0.2) is 18.5 Å². The second-order valence-corrected chi connectivity index (χ2v) is 5.74. The molecule has 0 saturated carbocycles. The van der Waals surface area contributed by atoms with Gasteiger partial charge in [0.15, 0.2) is 11.6 Å². The molecule has 3 rings (SSSR count). The summed E-state index contributed by atoms with van der Waals surface area (Å²) in [5, 5.41) is 7.37. The van der Waals surface area contributed by atoms with Gasteiger partial charge in [-0.3, -0.25) is 4.52 Å². The lowest BCUT2D eigenvalue weighted by Gasteiger charge is -2.05. The summed E-state index contributed by atoms with van der Waals surface area (Å²) in [6.07, 6.45) is 0.281. The van der Waals surface area contributed by atoms with Gasteiger partial charge in [-0.2, -0.15) is 4.21 Å². The van der Waals surface area contributed by atoms with Crippen molar-refractivity contribution in [3.8, 4) is 5.75 Å². The summed E-state index contributed by atoms with van der Waals surface area (Å²) in [5.41, 5.74) is 1.33. The number of aromatic nitrogens is 3. The first-order chi connectivity index (χ1) is 11.1. The normalized spacial score (nSPS) is 12.3. The van der Waals surface area contributed by atoms with Crippen molar-refractivity contribution in [2.45, 2.75) is 20.3 Å². The van der Waals surface area contributed by atoms with E-state index in [4.69, 9.17) is 8.71 Å². The molecule has 0 spiro atoms. The molecule has 1 unspecified atom stereocenters. The number of hydrogen-bond donors (Lipinski definition) is 0. The third kappa shape index (κ3) is 3.09. The van der Waals surface area contributed by atoms with Gasteiger partial charge in [0.2, 0.25) is 5.75 Å². The molecule has 8 nitrogen and oxygen atoms in total. The van der Waals surface area contributed by atoms with Crippen LogP contribution in [0.5, 0.6) is 5.75 Å². The number of hydrogen-bond acceptors (Lipinski definition) is 7. The molecule has 3 aromatic rings. The molecular formula is C14H13N3O5S. The number of aryl methyl sites for hydroxylation is 2. The molecule has 1 atom stereocenters. The van der Waals surface area contributed by atoms with Crippen molar-refractivity contribution in [1.82, 2.24) is 14.3 Å². The summed E-state index contributed by atoms with van der Waals surface area (Å²) in [4.78, 5) is 11.8. The smallest absolute Gasteiger partial charge is 0.379 e. The average Bonchev–Trinajstić information content (AvgIpc) is 3.05. The van der Waals surface area contributed by atoms with Gasteiger partial charge >= 0.3 is 17.0 Å². The average molecular weight is 335 g/mol. The molecule has 1 aromatic carbocycles. The first kappa shape index (κ1) is 15.2. The minimum absolute atomic E-state index is 0.200. The van der Waals surface area contributed by atoms with Crippen LogP contribution in [0.15, 0.2) is 44.2 Å². The topological polar surface area (TPSA) is 100 Å². The highest BCUT2D eigenvalue weighted by Crippen LogP contribution is 2.23. The van der Waals surface area contributed by atoms with Crippen molar-refractivity contribution >= 4 is 11.3 Å². The van der Waals surface area contributed by atoms with Gasteiger partial charge in [0, 0.05) is 13.3 Å². The van der Waals surface area contributed by atoms with Gasteiger partial charge in [0.25, 0.3) is 0 Å². The molecule has 0 aliphatic carbocycles. The van der Waals surface area contributed by atoms with Gasteiger partial charge in [0.05, 0.1) is 0 Å². The predicted molar refractivity (Wildman–Crippen MR) is 80.2 cm³/mol. The Labute approximate surface area is 133 Å². The zero-order valence-electron chi connectivity index (χ0n) is 12.4. The molecule has 0 amide bonds. The number of rotatable bonds is 5. The predicted octanol–water partition coefficient (Wildman–Crippen LogP) is 1.54. The van der Waals surface area contributed by atoms with E-state index in [1.165, 1.54) is 0 Å². The van der Waals surface area contributed by atoms with E-state index in [1.807, 2.05) is 30.3 Å². The summed E-state index contributed by atoms with van der Waals surface area (Å²) < 4.78 is 28.1. The molecule has 0 aliphatic heterocycles. The molecule has 0 N–H and O–H groups in total. The molecule has 0 aliphatic rings. The maximum atomic E-state index is 12.4. The van der Waals surface area contributed by atoms with Crippen LogP contribution in [0.3, 0.4) is 0 Å². The molecule has 0 radical (unpaired) electrons. The van der Waals surface area contributed by atoms with Crippen molar-refractivity contribution < 1.29 is 17.4 Å². The van der Waals surface area contributed by atoms with Crippen molar-refractivity contribution in [3.63, 3.8) is 0 Å². The van der Waals surface area contributed by atoms with Gasteiger partial charge < -0.3 is 8.71 Å². The summed E-state index contributed by atoms with van der Waals surface area (Å²) in [7, 11) is 0. The summed E-state index contributed by atoms with van der Waals surface area (Å²) in [6.45, 7) is 3.26. The van der Waals surface area contributed by atoms with E-state index in [2.05, 4.69) is 14.8 Å². The van der Waals surface area contributed by atoms with Gasteiger partial charge in [-0.05, 0) is 12.5 Å². The molecule has 9 heteroatoms. The largest absolute Gasteiger partial charge is 0.456 e. The van der Waals surface area contributed by atoms with Crippen LogP contribution in [0.4, 0.5) is 0 Å². The fourth-order valence-electron chi connectivity index (χ4n) is 2.00. The summed E-state index contributed by atoms with van der Waals surface area (Å²) in [6, 6.07) is 9.31. The summed E-state index contributed by atoms with van der Waals surface area (Å²) in [5.74, 6) is -0.0700.